The number of hydrogen-bond donors (Lipinski definition) is 2. The summed E-state index contributed by atoms with van der Waals surface area (Å²) >= 11 is 6.08. The zero-order chi connectivity index (χ0) is 15.2. The van der Waals surface area contributed by atoms with E-state index in [1.165, 1.54) is 0 Å². The van der Waals surface area contributed by atoms with Gasteiger partial charge in [-0.05, 0) is 30.2 Å². The SMILES string of the molecule is CC(C)CC(=O)Nc1ccc(Nc2ccccc2Cl)nc1. The Labute approximate surface area is 129 Å². The standard InChI is InChI=1S/C16H18ClN3O/c1-11(2)9-16(21)19-12-7-8-15(18-10-12)20-14-6-4-3-5-13(14)17/h3-8,10-11H,9H2,1-2H3,(H,18,20)(H,19,21). The smallest absolute Gasteiger partial charge is 0.224 e. The van der Waals surface area contributed by atoms with Gasteiger partial charge in [0.05, 0.1) is 22.6 Å². The molecule has 1 amide bonds. The molecule has 0 saturated heterocycles. The van der Waals surface area contributed by atoms with Crippen LogP contribution in [0.5, 0.6) is 0 Å². The van der Waals surface area contributed by atoms with Gasteiger partial charge in [0.25, 0.3) is 0 Å². The lowest BCUT2D eigenvalue weighted by molar-refractivity contribution is -0.116. The second kappa shape index (κ2) is 7.09. The van der Waals surface area contributed by atoms with E-state index in [0.29, 0.717) is 28.9 Å². The summed E-state index contributed by atoms with van der Waals surface area (Å²) in [5.41, 5.74) is 1.48. The van der Waals surface area contributed by atoms with Gasteiger partial charge in [-0.1, -0.05) is 37.6 Å². The Morgan fingerprint density at radius 3 is 2.62 bits per heavy atom. The zero-order valence-corrected chi connectivity index (χ0v) is 12.8. The second-order valence-corrected chi connectivity index (χ2v) is 5.59. The van der Waals surface area contributed by atoms with Gasteiger partial charge < -0.3 is 10.6 Å². The highest BCUT2D eigenvalue weighted by atomic mass is 35.5. The predicted octanol–water partition coefficient (Wildman–Crippen LogP) is 4.46. The largest absolute Gasteiger partial charge is 0.339 e. The van der Waals surface area contributed by atoms with E-state index in [2.05, 4.69) is 15.6 Å². The van der Waals surface area contributed by atoms with Crippen LogP contribution in [0, 0.1) is 5.92 Å². The number of halogens is 1. The monoisotopic (exact) mass is 303 g/mol. The van der Waals surface area contributed by atoms with Crippen molar-refractivity contribution in [3.05, 3.63) is 47.6 Å². The van der Waals surface area contributed by atoms with Crippen LogP contribution in [0.25, 0.3) is 0 Å². The van der Waals surface area contributed by atoms with Crippen LogP contribution in [-0.2, 0) is 4.79 Å². The Bertz CT molecular complexity index is 611. The van der Waals surface area contributed by atoms with E-state index in [-0.39, 0.29) is 5.91 Å². The van der Waals surface area contributed by atoms with Crippen molar-refractivity contribution in [1.29, 1.82) is 0 Å². The molecule has 1 heterocycles. The number of nitrogens with one attached hydrogen (secondary N) is 2. The zero-order valence-electron chi connectivity index (χ0n) is 12.1. The molecule has 4 nitrogen and oxygen atoms in total. The minimum absolute atomic E-state index is 0.00128. The first-order chi connectivity index (χ1) is 10.0. The predicted molar refractivity (Wildman–Crippen MR) is 87.1 cm³/mol. The first-order valence-electron chi connectivity index (χ1n) is 6.82. The van der Waals surface area contributed by atoms with Crippen LogP contribution in [0.4, 0.5) is 17.2 Å². The lowest BCUT2D eigenvalue weighted by Gasteiger charge is -2.09. The molecule has 0 aliphatic rings. The van der Waals surface area contributed by atoms with Crippen LogP contribution >= 0.6 is 11.6 Å². The molecule has 2 rings (SSSR count). The summed E-state index contributed by atoms with van der Waals surface area (Å²) in [5, 5.41) is 6.58. The number of carbonyl (C=O) groups is 1. The normalized spacial score (nSPS) is 10.5. The Kier molecular flexibility index (Phi) is 5.17. The Balaban J connectivity index is 1.99. The molecule has 2 aromatic rings. The fourth-order valence-corrected chi connectivity index (χ4v) is 2.01. The van der Waals surface area contributed by atoms with Crippen molar-refractivity contribution >= 4 is 34.7 Å². The van der Waals surface area contributed by atoms with Crippen LogP contribution < -0.4 is 10.6 Å². The molecule has 5 heteroatoms. The number of hydrogen-bond acceptors (Lipinski definition) is 3. The number of anilines is 3. The highest BCUT2D eigenvalue weighted by Crippen LogP contribution is 2.24. The molecule has 1 aromatic carbocycles. The molecular formula is C16H18ClN3O. The molecule has 0 unspecified atom stereocenters. The average Bonchev–Trinajstić information content (AvgIpc) is 2.42. The van der Waals surface area contributed by atoms with Crippen LogP contribution in [0.1, 0.15) is 20.3 Å². The number of nitrogens with zero attached hydrogens (tertiary/aromatic N) is 1. The van der Waals surface area contributed by atoms with Gasteiger partial charge in [0, 0.05) is 6.42 Å². The van der Waals surface area contributed by atoms with Gasteiger partial charge in [-0.25, -0.2) is 4.98 Å². The van der Waals surface area contributed by atoms with E-state index in [4.69, 9.17) is 11.6 Å². The molecule has 1 aromatic heterocycles. The highest BCUT2D eigenvalue weighted by Gasteiger charge is 2.06. The summed E-state index contributed by atoms with van der Waals surface area (Å²) in [6, 6.07) is 11.1. The van der Waals surface area contributed by atoms with Gasteiger partial charge in [0.15, 0.2) is 0 Å². The fraction of sp³-hybridized carbons (Fsp3) is 0.250. The number of para-hydroxylation sites is 1. The maximum Gasteiger partial charge on any atom is 0.224 e. The molecule has 2 N–H and O–H groups in total. The lowest BCUT2D eigenvalue weighted by Crippen LogP contribution is -2.13. The number of pyridine rings is 1. The summed E-state index contributed by atoms with van der Waals surface area (Å²) in [4.78, 5) is 15.9. The number of rotatable bonds is 5. The van der Waals surface area contributed by atoms with Crippen LogP contribution in [0.2, 0.25) is 5.02 Å². The van der Waals surface area contributed by atoms with Crippen molar-refractivity contribution in [2.45, 2.75) is 20.3 Å². The van der Waals surface area contributed by atoms with Crippen molar-refractivity contribution in [3.8, 4) is 0 Å². The van der Waals surface area contributed by atoms with Crippen LogP contribution in [-0.4, -0.2) is 10.9 Å². The molecule has 0 aliphatic heterocycles. The van der Waals surface area contributed by atoms with Crippen LogP contribution in [0.15, 0.2) is 42.6 Å². The van der Waals surface area contributed by atoms with E-state index in [1.807, 2.05) is 44.2 Å². The Morgan fingerprint density at radius 2 is 2.00 bits per heavy atom. The van der Waals surface area contributed by atoms with E-state index >= 15 is 0 Å². The third-order valence-corrected chi connectivity index (χ3v) is 3.11. The van der Waals surface area contributed by atoms with Crippen molar-refractivity contribution in [2.24, 2.45) is 5.92 Å². The highest BCUT2D eigenvalue weighted by molar-refractivity contribution is 6.33. The summed E-state index contributed by atoms with van der Waals surface area (Å²) in [6.45, 7) is 4.02. The molecule has 0 saturated carbocycles. The summed E-state index contributed by atoms with van der Waals surface area (Å²) < 4.78 is 0. The molecule has 0 spiro atoms. The molecule has 0 radical (unpaired) electrons. The topological polar surface area (TPSA) is 54.0 Å². The number of benzene rings is 1. The summed E-state index contributed by atoms with van der Waals surface area (Å²) in [5.74, 6) is 1.00. The van der Waals surface area contributed by atoms with Gasteiger partial charge in [0.1, 0.15) is 5.82 Å². The number of amides is 1. The molecule has 0 aliphatic carbocycles. The first-order valence-corrected chi connectivity index (χ1v) is 7.20. The van der Waals surface area contributed by atoms with Gasteiger partial charge in [-0.3, -0.25) is 4.79 Å². The lowest BCUT2D eigenvalue weighted by atomic mass is 10.1. The van der Waals surface area contributed by atoms with Gasteiger partial charge in [-0.2, -0.15) is 0 Å². The third-order valence-electron chi connectivity index (χ3n) is 2.78. The quantitative estimate of drug-likeness (QED) is 0.857. The average molecular weight is 304 g/mol. The maximum atomic E-state index is 11.7. The number of carbonyl (C=O) groups excluding carboxylic acids is 1. The Hall–Kier alpha value is -2.07. The van der Waals surface area contributed by atoms with Crippen molar-refractivity contribution in [3.63, 3.8) is 0 Å². The van der Waals surface area contributed by atoms with E-state index < -0.39 is 0 Å². The summed E-state index contributed by atoms with van der Waals surface area (Å²) in [6.07, 6.45) is 2.12. The van der Waals surface area contributed by atoms with Crippen molar-refractivity contribution < 1.29 is 4.79 Å². The van der Waals surface area contributed by atoms with Crippen molar-refractivity contribution in [1.82, 2.24) is 4.98 Å². The molecule has 110 valence electrons. The molecule has 0 bridgehead atoms. The fourth-order valence-electron chi connectivity index (χ4n) is 1.83. The first kappa shape index (κ1) is 15.3. The molecular weight excluding hydrogens is 286 g/mol. The van der Waals surface area contributed by atoms with E-state index in [9.17, 15) is 4.79 Å². The molecule has 21 heavy (non-hydrogen) atoms. The minimum atomic E-state index is -0.00128. The van der Waals surface area contributed by atoms with Crippen LogP contribution in [0.3, 0.4) is 0 Å². The van der Waals surface area contributed by atoms with Gasteiger partial charge in [-0.15, -0.1) is 0 Å². The van der Waals surface area contributed by atoms with Crippen molar-refractivity contribution in [2.75, 3.05) is 10.6 Å². The molecule has 0 atom stereocenters. The molecule has 0 fully saturated rings. The Morgan fingerprint density at radius 1 is 1.24 bits per heavy atom. The van der Waals surface area contributed by atoms with Gasteiger partial charge in [0.2, 0.25) is 5.91 Å². The summed E-state index contributed by atoms with van der Waals surface area (Å²) in [7, 11) is 0. The van der Waals surface area contributed by atoms with Gasteiger partial charge >= 0.3 is 0 Å². The minimum Gasteiger partial charge on any atom is -0.339 e. The van der Waals surface area contributed by atoms with E-state index in [0.717, 1.165) is 5.69 Å². The second-order valence-electron chi connectivity index (χ2n) is 5.18. The third kappa shape index (κ3) is 4.76. The maximum absolute atomic E-state index is 11.7. The van der Waals surface area contributed by atoms with E-state index in [1.54, 1.807) is 12.3 Å². The number of aromatic nitrogens is 1.